The van der Waals surface area contributed by atoms with Crippen LogP contribution in [0.2, 0.25) is 10.0 Å². The fourth-order valence-electron chi connectivity index (χ4n) is 6.14. The van der Waals surface area contributed by atoms with Gasteiger partial charge in [-0.15, -0.1) is 0 Å². The predicted octanol–water partition coefficient (Wildman–Crippen LogP) is 6.96. The summed E-state index contributed by atoms with van der Waals surface area (Å²) in [5.41, 5.74) is 2.09. The van der Waals surface area contributed by atoms with Crippen molar-refractivity contribution >= 4 is 51.6 Å². The molecule has 2 heterocycles. The summed E-state index contributed by atoms with van der Waals surface area (Å²) in [6.07, 6.45) is 5.57. The summed E-state index contributed by atoms with van der Waals surface area (Å²) in [6, 6.07) is 20.5. The highest BCUT2D eigenvalue weighted by molar-refractivity contribution is 6.31. The number of hydrogen-bond acceptors (Lipinski definition) is 3. The largest absolute Gasteiger partial charge is 0.497 e. The van der Waals surface area contributed by atoms with Crippen molar-refractivity contribution in [1.29, 1.82) is 0 Å². The molecule has 1 saturated carbocycles. The predicted molar refractivity (Wildman–Crippen MR) is 155 cm³/mol. The molecule has 0 saturated heterocycles. The van der Waals surface area contributed by atoms with Gasteiger partial charge in [-0.3, -0.25) is 9.59 Å². The topological polar surface area (TPSA) is 72.4 Å². The van der Waals surface area contributed by atoms with Crippen LogP contribution < -0.4 is 15.4 Å². The number of rotatable bonds is 6. The second kappa shape index (κ2) is 10.2. The van der Waals surface area contributed by atoms with Crippen LogP contribution in [-0.4, -0.2) is 29.5 Å². The lowest BCUT2D eigenvalue weighted by Gasteiger charge is -2.33. The molecule has 2 aliphatic rings. The van der Waals surface area contributed by atoms with E-state index >= 15 is 0 Å². The van der Waals surface area contributed by atoms with Crippen molar-refractivity contribution < 1.29 is 14.3 Å². The fraction of sp³-hybridized carbons (Fsp3) is 0.290. The highest BCUT2D eigenvalue weighted by atomic mass is 35.5. The van der Waals surface area contributed by atoms with Crippen LogP contribution in [0.15, 0.2) is 66.7 Å². The molecule has 2 N–H and O–H groups in total. The molecule has 3 aromatic carbocycles. The Hall–Kier alpha value is -3.48. The molecule has 6 nitrogen and oxygen atoms in total. The lowest BCUT2D eigenvalue weighted by Crippen LogP contribution is -2.47. The van der Waals surface area contributed by atoms with Gasteiger partial charge in [0.1, 0.15) is 11.4 Å². The van der Waals surface area contributed by atoms with Gasteiger partial charge in [-0.2, -0.15) is 0 Å². The molecular weight excluding hydrogens is 533 g/mol. The van der Waals surface area contributed by atoms with Crippen LogP contribution in [-0.2, 0) is 16.8 Å². The Morgan fingerprint density at radius 3 is 2.59 bits per heavy atom. The maximum atomic E-state index is 14.2. The van der Waals surface area contributed by atoms with Crippen molar-refractivity contribution in [3.8, 4) is 5.75 Å². The average Bonchev–Trinajstić information content (AvgIpc) is 3.44. The van der Waals surface area contributed by atoms with E-state index in [1.807, 2.05) is 53.1 Å². The van der Waals surface area contributed by atoms with E-state index in [0.717, 1.165) is 47.7 Å². The van der Waals surface area contributed by atoms with Crippen LogP contribution in [0.3, 0.4) is 0 Å². The second-order valence-corrected chi connectivity index (χ2v) is 11.3. The highest BCUT2D eigenvalue weighted by Gasteiger charge is 2.50. The highest BCUT2D eigenvalue weighted by Crippen LogP contribution is 2.46. The second-order valence-electron chi connectivity index (χ2n) is 10.4. The van der Waals surface area contributed by atoms with Gasteiger partial charge in [-0.05, 0) is 60.9 Å². The van der Waals surface area contributed by atoms with Gasteiger partial charge in [0.15, 0.2) is 5.54 Å². The number of aromatic nitrogens is 1. The third-order valence-electron chi connectivity index (χ3n) is 7.97. The van der Waals surface area contributed by atoms with Crippen LogP contribution in [0.1, 0.15) is 53.7 Å². The number of carbonyl (C=O) groups is 2. The van der Waals surface area contributed by atoms with E-state index in [1.54, 1.807) is 25.3 Å². The van der Waals surface area contributed by atoms with E-state index in [2.05, 4.69) is 10.6 Å². The summed E-state index contributed by atoms with van der Waals surface area (Å²) in [4.78, 5) is 28.2. The average molecular weight is 562 g/mol. The minimum Gasteiger partial charge on any atom is -0.497 e. The molecule has 0 radical (unpaired) electrons. The van der Waals surface area contributed by atoms with Crippen LogP contribution in [0.5, 0.6) is 5.75 Å². The van der Waals surface area contributed by atoms with Gasteiger partial charge in [-0.25, -0.2) is 0 Å². The summed E-state index contributed by atoms with van der Waals surface area (Å²) < 4.78 is 7.45. The Bertz CT molecular complexity index is 1590. The number of ether oxygens (including phenoxy) is 1. The quantitative estimate of drug-likeness (QED) is 0.267. The smallest absolute Gasteiger partial charge is 0.268 e. The molecular formula is C31H29Cl2N3O3. The summed E-state index contributed by atoms with van der Waals surface area (Å²) in [5, 5.41) is 8.24. The number of hydrogen-bond donors (Lipinski definition) is 2. The van der Waals surface area contributed by atoms with Crippen molar-refractivity contribution in [3.05, 3.63) is 93.6 Å². The first-order valence-corrected chi connectivity index (χ1v) is 14.0. The lowest BCUT2D eigenvalue weighted by molar-refractivity contribution is -0.121. The summed E-state index contributed by atoms with van der Waals surface area (Å²) in [5.74, 6) is 0.193. The minimum absolute atomic E-state index is 0.111. The van der Waals surface area contributed by atoms with Crippen molar-refractivity contribution in [1.82, 2.24) is 9.88 Å². The van der Waals surface area contributed by atoms with E-state index in [1.165, 1.54) is 6.42 Å². The molecule has 39 heavy (non-hydrogen) atoms. The molecule has 1 atom stereocenters. The Morgan fingerprint density at radius 2 is 1.82 bits per heavy atom. The number of nitrogens with zero attached hydrogens (tertiary/aromatic N) is 1. The number of fused-ring (bicyclic) bond motifs is 2. The summed E-state index contributed by atoms with van der Waals surface area (Å²) in [7, 11) is 1.60. The molecule has 1 fully saturated rings. The number of methoxy groups -OCH3 is 1. The number of anilines is 1. The minimum atomic E-state index is -1.28. The fourth-order valence-corrected chi connectivity index (χ4v) is 6.52. The van der Waals surface area contributed by atoms with Gasteiger partial charge in [0.25, 0.3) is 11.8 Å². The van der Waals surface area contributed by atoms with Gasteiger partial charge >= 0.3 is 0 Å². The van der Waals surface area contributed by atoms with Crippen LogP contribution in [0, 0.1) is 0 Å². The van der Waals surface area contributed by atoms with Crippen molar-refractivity contribution in [2.75, 3.05) is 12.4 Å². The van der Waals surface area contributed by atoms with Gasteiger partial charge in [0, 0.05) is 45.2 Å². The Labute approximate surface area is 237 Å². The zero-order valence-corrected chi connectivity index (χ0v) is 23.1. The maximum absolute atomic E-state index is 14.2. The van der Waals surface area contributed by atoms with Gasteiger partial charge < -0.3 is 19.9 Å². The lowest BCUT2D eigenvalue weighted by atomic mass is 9.83. The zero-order valence-electron chi connectivity index (χ0n) is 21.6. The first-order valence-electron chi connectivity index (χ1n) is 13.3. The maximum Gasteiger partial charge on any atom is 0.268 e. The number of benzene rings is 3. The monoisotopic (exact) mass is 561 g/mol. The molecule has 4 aromatic rings. The van der Waals surface area contributed by atoms with Gasteiger partial charge in [0.05, 0.1) is 12.6 Å². The standard InChI is InChI=1S/C31H29Cl2N3O3/c1-39-24-12-10-20-15-28(29(37)34-23-8-3-2-4-9-23)36(27(20)17-24)31(18-19-6-5-7-21(32)14-19)25-13-11-22(33)16-26(25)35-30(31)38/h5-7,10-17,23H,2-4,8-9,18H2,1H3,(H,34,37)(H,35,38). The molecule has 6 rings (SSSR count). The van der Waals surface area contributed by atoms with Crippen molar-refractivity contribution in [3.63, 3.8) is 0 Å². The summed E-state index contributed by atoms with van der Waals surface area (Å²) in [6.45, 7) is 0. The molecule has 200 valence electrons. The summed E-state index contributed by atoms with van der Waals surface area (Å²) >= 11 is 12.7. The molecule has 2 amide bonds. The first-order chi connectivity index (χ1) is 18.9. The van der Waals surface area contributed by atoms with Crippen LogP contribution in [0.4, 0.5) is 5.69 Å². The molecule has 8 heteroatoms. The zero-order chi connectivity index (χ0) is 27.1. The van der Waals surface area contributed by atoms with E-state index in [4.69, 9.17) is 27.9 Å². The van der Waals surface area contributed by atoms with Crippen molar-refractivity contribution in [2.45, 2.75) is 50.1 Å². The third kappa shape index (κ3) is 4.56. The number of nitrogens with one attached hydrogen (secondary N) is 2. The number of carbonyl (C=O) groups excluding carboxylic acids is 2. The molecule has 1 aliphatic carbocycles. The first kappa shape index (κ1) is 25.8. The van der Waals surface area contributed by atoms with Gasteiger partial charge in [-0.1, -0.05) is 60.7 Å². The Balaban J connectivity index is 1.61. The van der Waals surface area contributed by atoms with E-state index in [9.17, 15) is 9.59 Å². The van der Waals surface area contributed by atoms with E-state index in [0.29, 0.717) is 27.2 Å². The van der Waals surface area contributed by atoms with Gasteiger partial charge in [0.2, 0.25) is 0 Å². The van der Waals surface area contributed by atoms with E-state index < -0.39 is 5.54 Å². The van der Waals surface area contributed by atoms with Crippen LogP contribution >= 0.6 is 23.2 Å². The SMILES string of the molecule is COc1ccc2cc(C(=O)NC3CCCCC3)n(C3(Cc4cccc(Cl)c4)C(=O)Nc4cc(Cl)ccc43)c2c1. The third-order valence-corrected chi connectivity index (χ3v) is 8.44. The number of halogens is 2. The Kier molecular flexibility index (Phi) is 6.77. The molecule has 0 bridgehead atoms. The normalized spacial score (nSPS) is 19.1. The molecule has 1 aromatic heterocycles. The van der Waals surface area contributed by atoms with E-state index in [-0.39, 0.29) is 24.3 Å². The molecule has 0 spiro atoms. The van der Waals surface area contributed by atoms with Crippen LogP contribution in [0.25, 0.3) is 10.9 Å². The Morgan fingerprint density at radius 1 is 1.03 bits per heavy atom. The molecule has 1 unspecified atom stereocenters. The molecule has 1 aliphatic heterocycles. The van der Waals surface area contributed by atoms with Crippen molar-refractivity contribution in [2.24, 2.45) is 0 Å². The number of amides is 2.